The molecule has 1 aromatic rings. The van der Waals surface area contributed by atoms with Crippen molar-refractivity contribution in [1.29, 1.82) is 0 Å². The first-order chi connectivity index (χ1) is 9.54. The Kier molecular flexibility index (Phi) is 4.51. The molecule has 0 unspecified atom stereocenters. The highest BCUT2D eigenvalue weighted by molar-refractivity contribution is 6.29. The van der Waals surface area contributed by atoms with E-state index in [4.69, 9.17) is 16.7 Å². The first-order valence-electron chi connectivity index (χ1n) is 6.26. The molecular formula is C12H14ClN3O4. The van der Waals surface area contributed by atoms with E-state index in [0.29, 0.717) is 0 Å². The number of rotatable bonds is 5. The highest BCUT2D eigenvalue weighted by Crippen LogP contribution is 2.28. The van der Waals surface area contributed by atoms with Crippen molar-refractivity contribution in [1.82, 2.24) is 9.88 Å². The van der Waals surface area contributed by atoms with E-state index in [-0.39, 0.29) is 35.6 Å². The van der Waals surface area contributed by atoms with Crippen LogP contribution in [0.4, 0.5) is 5.69 Å². The van der Waals surface area contributed by atoms with Crippen LogP contribution < -0.4 is 0 Å². The number of amides is 1. The van der Waals surface area contributed by atoms with Crippen LogP contribution >= 0.6 is 11.6 Å². The van der Waals surface area contributed by atoms with Gasteiger partial charge in [-0.15, -0.1) is 0 Å². The van der Waals surface area contributed by atoms with E-state index in [1.807, 2.05) is 0 Å². The standard InChI is InChI=1S/C12H14ClN3O4/c13-11-6-9(10(7-14-11)16(19)20)12(18)15(4-5-17)8-2-1-3-8/h6-8,17H,1-5H2. The Morgan fingerprint density at radius 2 is 2.30 bits per heavy atom. The van der Waals surface area contributed by atoms with E-state index in [1.165, 1.54) is 11.0 Å². The summed E-state index contributed by atoms with van der Waals surface area (Å²) in [6.45, 7) is -0.0323. The van der Waals surface area contributed by atoms with E-state index >= 15 is 0 Å². The zero-order valence-corrected chi connectivity index (χ0v) is 11.4. The largest absolute Gasteiger partial charge is 0.395 e. The van der Waals surface area contributed by atoms with Crippen molar-refractivity contribution in [3.63, 3.8) is 0 Å². The Morgan fingerprint density at radius 1 is 1.60 bits per heavy atom. The molecule has 0 aromatic carbocycles. The number of aromatic nitrogens is 1. The van der Waals surface area contributed by atoms with Gasteiger partial charge in [0.25, 0.3) is 11.6 Å². The molecule has 0 spiro atoms. The van der Waals surface area contributed by atoms with Crippen LogP contribution in [-0.4, -0.2) is 45.0 Å². The topological polar surface area (TPSA) is 96.6 Å². The van der Waals surface area contributed by atoms with Gasteiger partial charge in [-0.1, -0.05) is 11.6 Å². The highest BCUT2D eigenvalue weighted by Gasteiger charge is 2.32. The molecule has 1 N–H and O–H groups in total. The van der Waals surface area contributed by atoms with Crippen molar-refractivity contribution in [2.75, 3.05) is 13.2 Å². The lowest BCUT2D eigenvalue weighted by molar-refractivity contribution is -0.385. The lowest BCUT2D eigenvalue weighted by atomic mass is 9.91. The normalized spacial score (nSPS) is 14.7. The summed E-state index contributed by atoms with van der Waals surface area (Å²) in [5.74, 6) is -0.486. The second-order valence-electron chi connectivity index (χ2n) is 4.59. The predicted molar refractivity (Wildman–Crippen MR) is 71.7 cm³/mol. The average molecular weight is 300 g/mol. The van der Waals surface area contributed by atoms with Gasteiger partial charge in [-0.2, -0.15) is 0 Å². The summed E-state index contributed by atoms with van der Waals surface area (Å²) in [6.07, 6.45) is 3.68. The van der Waals surface area contributed by atoms with E-state index in [1.54, 1.807) is 0 Å². The Labute approximate surface area is 120 Å². The van der Waals surface area contributed by atoms with Gasteiger partial charge in [0.1, 0.15) is 16.9 Å². The van der Waals surface area contributed by atoms with Crippen molar-refractivity contribution >= 4 is 23.2 Å². The molecule has 0 saturated heterocycles. The number of aliphatic hydroxyl groups excluding tert-OH is 1. The minimum Gasteiger partial charge on any atom is -0.395 e. The minimum absolute atomic E-state index is 0.0245. The van der Waals surface area contributed by atoms with E-state index in [0.717, 1.165) is 25.5 Å². The molecule has 1 heterocycles. The summed E-state index contributed by atoms with van der Waals surface area (Å²) >= 11 is 5.72. The number of nitrogens with zero attached hydrogens (tertiary/aromatic N) is 3. The maximum atomic E-state index is 12.5. The fraction of sp³-hybridized carbons (Fsp3) is 0.500. The van der Waals surface area contributed by atoms with Crippen molar-refractivity contribution in [2.45, 2.75) is 25.3 Å². The Morgan fingerprint density at radius 3 is 2.80 bits per heavy atom. The second-order valence-corrected chi connectivity index (χ2v) is 4.98. The maximum Gasteiger partial charge on any atom is 0.300 e. The lowest BCUT2D eigenvalue weighted by Gasteiger charge is -2.37. The summed E-state index contributed by atoms with van der Waals surface area (Å²) in [7, 11) is 0. The molecule has 0 aliphatic heterocycles. The molecule has 1 fully saturated rings. The minimum atomic E-state index is -0.658. The summed E-state index contributed by atoms with van der Waals surface area (Å²) < 4.78 is 0. The SMILES string of the molecule is O=C(c1cc(Cl)ncc1[N+](=O)[O-])N(CCO)C1CCC1. The number of hydrogen-bond acceptors (Lipinski definition) is 5. The molecule has 20 heavy (non-hydrogen) atoms. The highest BCUT2D eigenvalue weighted by atomic mass is 35.5. The number of carbonyl (C=O) groups is 1. The van der Waals surface area contributed by atoms with Gasteiger partial charge in [-0.3, -0.25) is 14.9 Å². The Balaban J connectivity index is 2.34. The van der Waals surface area contributed by atoms with Gasteiger partial charge in [-0.25, -0.2) is 4.98 Å². The molecule has 0 radical (unpaired) electrons. The lowest BCUT2D eigenvalue weighted by Crippen LogP contribution is -2.45. The van der Waals surface area contributed by atoms with Gasteiger partial charge < -0.3 is 10.0 Å². The number of halogens is 1. The molecule has 0 atom stereocenters. The number of aliphatic hydroxyl groups is 1. The van der Waals surface area contributed by atoms with Crippen LogP contribution in [0.2, 0.25) is 5.15 Å². The van der Waals surface area contributed by atoms with Gasteiger partial charge in [0.15, 0.2) is 0 Å². The van der Waals surface area contributed by atoms with Crippen LogP contribution in [0.5, 0.6) is 0 Å². The van der Waals surface area contributed by atoms with Gasteiger partial charge >= 0.3 is 0 Å². The number of carbonyl (C=O) groups excluding carboxylic acids is 1. The van der Waals surface area contributed by atoms with E-state index in [2.05, 4.69) is 4.98 Å². The molecule has 0 bridgehead atoms. The Bertz CT molecular complexity index is 533. The third-order valence-corrected chi connectivity index (χ3v) is 3.60. The van der Waals surface area contributed by atoms with Gasteiger partial charge in [-0.05, 0) is 25.3 Å². The maximum absolute atomic E-state index is 12.5. The first kappa shape index (κ1) is 14.7. The summed E-state index contributed by atoms with van der Waals surface area (Å²) in [4.78, 5) is 27.9. The number of nitro groups is 1. The molecule has 1 saturated carbocycles. The fourth-order valence-electron chi connectivity index (χ4n) is 2.15. The van der Waals surface area contributed by atoms with Gasteiger partial charge in [0.05, 0.1) is 11.5 Å². The fourth-order valence-corrected chi connectivity index (χ4v) is 2.31. The third-order valence-electron chi connectivity index (χ3n) is 3.39. The van der Waals surface area contributed by atoms with E-state index in [9.17, 15) is 14.9 Å². The molecule has 1 amide bonds. The van der Waals surface area contributed by atoms with Crippen LogP contribution in [0.3, 0.4) is 0 Å². The van der Waals surface area contributed by atoms with Crippen LogP contribution in [0.1, 0.15) is 29.6 Å². The smallest absolute Gasteiger partial charge is 0.300 e. The summed E-state index contributed by atoms with van der Waals surface area (Å²) in [6, 6.07) is 1.23. The molecular weight excluding hydrogens is 286 g/mol. The van der Waals surface area contributed by atoms with Crippen molar-refractivity contribution in [3.05, 3.63) is 33.1 Å². The van der Waals surface area contributed by atoms with Crippen LogP contribution in [0.15, 0.2) is 12.3 Å². The summed E-state index contributed by atoms with van der Waals surface area (Å²) in [5, 5.41) is 20.1. The molecule has 1 aliphatic rings. The third kappa shape index (κ3) is 2.88. The molecule has 2 rings (SSSR count). The number of pyridine rings is 1. The van der Waals surface area contributed by atoms with E-state index < -0.39 is 10.8 Å². The van der Waals surface area contributed by atoms with Crippen LogP contribution in [0.25, 0.3) is 0 Å². The monoisotopic (exact) mass is 299 g/mol. The van der Waals surface area contributed by atoms with Crippen molar-refractivity contribution < 1.29 is 14.8 Å². The molecule has 8 heteroatoms. The second kappa shape index (κ2) is 6.15. The molecule has 1 aromatic heterocycles. The average Bonchev–Trinajstić information content (AvgIpc) is 2.34. The van der Waals surface area contributed by atoms with Crippen LogP contribution in [0, 0.1) is 10.1 Å². The predicted octanol–water partition coefficient (Wildman–Crippen LogP) is 1.63. The quantitative estimate of drug-likeness (QED) is 0.506. The van der Waals surface area contributed by atoms with Crippen molar-refractivity contribution in [3.8, 4) is 0 Å². The molecule has 108 valence electrons. The zero-order valence-electron chi connectivity index (χ0n) is 10.7. The first-order valence-corrected chi connectivity index (χ1v) is 6.64. The molecule has 1 aliphatic carbocycles. The molecule has 7 nitrogen and oxygen atoms in total. The van der Waals surface area contributed by atoms with Gasteiger partial charge in [0.2, 0.25) is 0 Å². The Hall–Kier alpha value is -1.73. The number of hydrogen-bond donors (Lipinski definition) is 1. The van der Waals surface area contributed by atoms with Crippen molar-refractivity contribution in [2.24, 2.45) is 0 Å². The van der Waals surface area contributed by atoms with Crippen LogP contribution in [-0.2, 0) is 0 Å². The summed E-state index contributed by atoms with van der Waals surface area (Å²) in [5.41, 5.74) is -0.461. The van der Waals surface area contributed by atoms with Gasteiger partial charge in [0, 0.05) is 12.6 Å². The zero-order chi connectivity index (χ0) is 14.7.